The Bertz CT molecular complexity index is 1060. The molecule has 9 heteroatoms. The Morgan fingerprint density at radius 1 is 1.29 bits per heavy atom. The number of hydrogen-bond donors (Lipinski definition) is 1. The lowest BCUT2D eigenvalue weighted by Crippen LogP contribution is -2.33. The molecule has 1 aliphatic rings. The average Bonchev–Trinajstić information content (AvgIpc) is 3.48. The number of carbonyl (C=O) groups is 2. The van der Waals surface area contributed by atoms with Gasteiger partial charge < -0.3 is 14.6 Å². The monoisotopic (exact) mass is 439 g/mol. The topological polar surface area (TPSA) is 91.6 Å². The predicted molar refractivity (Wildman–Crippen MR) is 120 cm³/mol. The molecule has 0 saturated carbocycles. The van der Waals surface area contributed by atoms with Crippen molar-refractivity contribution in [3.8, 4) is 10.8 Å². The number of rotatable bonds is 8. The van der Waals surface area contributed by atoms with Gasteiger partial charge in [-0.1, -0.05) is 13.0 Å². The van der Waals surface area contributed by atoms with Crippen molar-refractivity contribution in [1.82, 2.24) is 15.1 Å². The Labute approximate surface area is 184 Å². The highest BCUT2D eigenvalue weighted by molar-refractivity contribution is 7.13. The summed E-state index contributed by atoms with van der Waals surface area (Å²) in [6.07, 6.45) is 1.70. The average molecular weight is 440 g/mol. The largest absolute Gasteiger partial charge is 0.419 e. The second kappa shape index (κ2) is 9.40. The molecule has 3 aromatic rings. The van der Waals surface area contributed by atoms with E-state index in [-0.39, 0.29) is 18.4 Å². The number of carbonyl (C=O) groups excluding carboxylic acids is 2. The van der Waals surface area contributed by atoms with Gasteiger partial charge in [-0.3, -0.25) is 14.5 Å². The number of nitrogens with zero attached hydrogens (tertiary/aromatic N) is 4. The van der Waals surface area contributed by atoms with Crippen molar-refractivity contribution in [3.05, 3.63) is 47.2 Å². The minimum Gasteiger partial charge on any atom is -0.419 e. The first kappa shape index (κ1) is 21.2. The van der Waals surface area contributed by atoms with E-state index in [1.807, 2.05) is 40.6 Å². The molecule has 4 rings (SSSR count). The van der Waals surface area contributed by atoms with Crippen molar-refractivity contribution in [2.75, 3.05) is 29.9 Å². The first-order valence-corrected chi connectivity index (χ1v) is 11.2. The van der Waals surface area contributed by atoms with E-state index in [2.05, 4.69) is 22.4 Å². The van der Waals surface area contributed by atoms with Gasteiger partial charge in [0, 0.05) is 24.8 Å². The second-order valence-electron chi connectivity index (χ2n) is 7.50. The van der Waals surface area contributed by atoms with Crippen LogP contribution in [-0.4, -0.2) is 46.5 Å². The molecule has 0 atom stereocenters. The number of hydrogen-bond acceptors (Lipinski definition) is 7. The van der Waals surface area contributed by atoms with E-state index >= 15 is 0 Å². The molecule has 2 amide bonds. The van der Waals surface area contributed by atoms with Gasteiger partial charge in [0.25, 0.3) is 5.89 Å². The van der Waals surface area contributed by atoms with Crippen molar-refractivity contribution in [3.63, 3.8) is 0 Å². The van der Waals surface area contributed by atoms with Crippen LogP contribution in [0.25, 0.3) is 10.8 Å². The SMILES string of the molecule is CCCN(CC(=O)Nc1ccc2c(c1)CCN2C(C)=O)Cc1nnc(-c2cccs2)o1. The van der Waals surface area contributed by atoms with E-state index in [1.54, 1.807) is 23.2 Å². The molecule has 0 radical (unpaired) electrons. The number of thiophene rings is 1. The van der Waals surface area contributed by atoms with Gasteiger partial charge in [-0.2, -0.15) is 0 Å². The molecule has 31 heavy (non-hydrogen) atoms. The predicted octanol–water partition coefficient (Wildman–Crippen LogP) is 3.56. The Hall–Kier alpha value is -3.04. The van der Waals surface area contributed by atoms with Crippen LogP contribution < -0.4 is 10.2 Å². The van der Waals surface area contributed by atoms with Crippen LogP contribution in [-0.2, 0) is 22.6 Å². The summed E-state index contributed by atoms with van der Waals surface area (Å²) in [4.78, 5) is 29.1. The van der Waals surface area contributed by atoms with Crippen LogP contribution in [0.4, 0.5) is 11.4 Å². The molecule has 1 aliphatic heterocycles. The molecular formula is C22H25N5O3S. The van der Waals surface area contributed by atoms with Gasteiger partial charge in [-0.15, -0.1) is 21.5 Å². The summed E-state index contributed by atoms with van der Waals surface area (Å²) in [7, 11) is 0. The van der Waals surface area contributed by atoms with Crippen LogP contribution in [0.5, 0.6) is 0 Å². The minimum atomic E-state index is -0.104. The number of fused-ring (bicyclic) bond motifs is 1. The summed E-state index contributed by atoms with van der Waals surface area (Å²) < 4.78 is 5.77. The molecule has 1 aromatic carbocycles. The molecule has 0 saturated heterocycles. The molecule has 1 N–H and O–H groups in total. The Kier molecular flexibility index (Phi) is 6.43. The Morgan fingerprint density at radius 3 is 2.90 bits per heavy atom. The maximum absolute atomic E-state index is 12.7. The summed E-state index contributed by atoms with van der Waals surface area (Å²) >= 11 is 1.54. The maximum Gasteiger partial charge on any atom is 0.257 e. The van der Waals surface area contributed by atoms with Gasteiger partial charge in [-0.25, -0.2) is 0 Å². The number of nitrogens with one attached hydrogen (secondary N) is 1. The number of aromatic nitrogens is 2. The molecule has 8 nitrogen and oxygen atoms in total. The highest BCUT2D eigenvalue weighted by Gasteiger charge is 2.22. The molecular weight excluding hydrogens is 414 g/mol. The van der Waals surface area contributed by atoms with Crippen LogP contribution in [0.15, 0.2) is 40.1 Å². The Balaban J connectivity index is 1.37. The summed E-state index contributed by atoms with van der Waals surface area (Å²) in [6.45, 7) is 5.70. The molecule has 162 valence electrons. The van der Waals surface area contributed by atoms with Gasteiger partial charge in [-0.05, 0) is 54.6 Å². The highest BCUT2D eigenvalue weighted by Crippen LogP contribution is 2.30. The van der Waals surface area contributed by atoms with Gasteiger partial charge in [0.05, 0.1) is 18.0 Å². The molecule has 3 heterocycles. The molecule has 0 aliphatic carbocycles. The van der Waals surface area contributed by atoms with Crippen molar-refractivity contribution < 1.29 is 14.0 Å². The van der Waals surface area contributed by atoms with E-state index in [0.717, 1.165) is 41.2 Å². The second-order valence-corrected chi connectivity index (χ2v) is 8.45. The number of benzene rings is 1. The van der Waals surface area contributed by atoms with Gasteiger partial charge in [0.2, 0.25) is 17.7 Å². The first-order valence-electron chi connectivity index (χ1n) is 10.3. The van der Waals surface area contributed by atoms with Gasteiger partial charge >= 0.3 is 0 Å². The zero-order valence-electron chi connectivity index (χ0n) is 17.6. The van der Waals surface area contributed by atoms with Crippen LogP contribution in [0, 0.1) is 0 Å². The smallest absolute Gasteiger partial charge is 0.257 e. The van der Waals surface area contributed by atoms with Crippen LogP contribution in [0.2, 0.25) is 0 Å². The fraction of sp³-hybridized carbons (Fsp3) is 0.364. The quantitative estimate of drug-likeness (QED) is 0.577. The first-order chi connectivity index (χ1) is 15.0. The fourth-order valence-electron chi connectivity index (χ4n) is 3.75. The van der Waals surface area contributed by atoms with Crippen molar-refractivity contribution >= 4 is 34.5 Å². The van der Waals surface area contributed by atoms with E-state index in [9.17, 15) is 9.59 Å². The maximum atomic E-state index is 12.7. The van der Waals surface area contributed by atoms with Crippen LogP contribution >= 0.6 is 11.3 Å². The fourth-order valence-corrected chi connectivity index (χ4v) is 4.39. The third kappa shape index (κ3) is 5.00. The standard InChI is InChI=1S/C22H25N5O3S/c1-3-9-26(14-21-24-25-22(30-21)19-5-4-11-31-19)13-20(29)23-17-6-7-18-16(12-17)8-10-27(18)15(2)28/h4-7,11-12H,3,8-10,13-14H2,1-2H3,(H,23,29). The highest BCUT2D eigenvalue weighted by atomic mass is 32.1. The molecule has 0 unspecified atom stereocenters. The zero-order chi connectivity index (χ0) is 21.8. The van der Waals surface area contributed by atoms with Crippen LogP contribution in [0.1, 0.15) is 31.7 Å². The lowest BCUT2D eigenvalue weighted by molar-refractivity contribution is -0.118. The summed E-state index contributed by atoms with van der Waals surface area (Å²) in [5, 5.41) is 13.2. The molecule has 0 spiro atoms. The zero-order valence-corrected chi connectivity index (χ0v) is 18.4. The van der Waals surface area contributed by atoms with E-state index in [4.69, 9.17) is 4.42 Å². The molecule has 0 fully saturated rings. The number of amides is 2. The van der Waals surface area contributed by atoms with Gasteiger partial charge in [0.1, 0.15) is 0 Å². The molecule has 0 bridgehead atoms. The van der Waals surface area contributed by atoms with Gasteiger partial charge in [0.15, 0.2) is 0 Å². The van der Waals surface area contributed by atoms with Crippen molar-refractivity contribution in [2.45, 2.75) is 33.2 Å². The third-order valence-electron chi connectivity index (χ3n) is 5.10. The Morgan fingerprint density at radius 2 is 2.16 bits per heavy atom. The third-order valence-corrected chi connectivity index (χ3v) is 5.96. The van der Waals surface area contributed by atoms with E-state index in [0.29, 0.717) is 24.9 Å². The summed E-state index contributed by atoms with van der Waals surface area (Å²) in [5.41, 5.74) is 2.74. The lowest BCUT2D eigenvalue weighted by atomic mass is 10.1. The van der Waals surface area contributed by atoms with E-state index < -0.39 is 0 Å². The van der Waals surface area contributed by atoms with E-state index in [1.165, 1.54) is 0 Å². The minimum absolute atomic E-state index is 0.0361. The van der Waals surface area contributed by atoms with Crippen molar-refractivity contribution in [1.29, 1.82) is 0 Å². The normalized spacial score (nSPS) is 12.9. The summed E-state index contributed by atoms with van der Waals surface area (Å²) in [6, 6.07) is 9.56. The summed E-state index contributed by atoms with van der Waals surface area (Å²) in [5.74, 6) is 0.928. The molecule has 2 aromatic heterocycles. The number of anilines is 2. The van der Waals surface area contributed by atoms with Crippen LogP contribution in [0.3, 0.4) is 0 Å². The van der Waals surface area contributed by atoms with Crippen molar-refractivity contribution in [2.24, 2.45) is 0 Å². The lowest BCUT2D eigenvalue weighted by Gasteiger charge is -2.19.